The number of ether oxygens (including phenoxy) is 4. The van der Waals surface area contributed by atoms with Gasteiger partial charge in [0.2, 0.25) is 0 Å². The van der Waals surface area contributed by atoms with E-state index in [4.69, 9.17) is 18.9 Å². The molecule has 14 heteroatoms. The molecular formula is C30H24N4O10. The first-order valence-electron chi connectivity index (χ1n) is 13.1. The highest BCUT2D eigenvalue weighted by molar-refractivity contribution is 5.91. The third-order valence-corrected chi connectivity index (χ3v) is 6.56. The van der Waals surface area contributed by atoms with E-state index >= 15 is 0 Å². The fourth-order valence-electron chi connectivity index (χ4n) is 4.39. The average Bonchev–Trinajstić information content (AvgIpc) is 3.08. The van der Waals surface area contributed by atoms with Gasteiger partial charge in [-0.1, -0.05) is 0 Å². The summed E-state index contributed by atoms with van der Waals surface area (Å²) < 4.78 is 22.4. The third-order valence-electron chi connectivity index (χ3n) is 6.56. The lowest BCUT2D eigenvalue weighted by Gasteiger charge is -2.45. The van der Waals surface area contributed by atoms with Crippen LogP contribution in [-0.2, 0) is 18.9 Å². The van der Waals surface area contributed by atoms with Crippen molar-refractivity contribution < 1.29 is 48.3 Å². The SMILES string of the molecule is O=C(OC1C(O)C(O)C(OC(=O)c2cccnc2)C(OC(=O)c2cccnc2)C1OC(=O)c1cccnc1)c1cccnc1. The summed E-state index contributed by atoms with van der Waals surface area (Å²) in [4.78, 5) is 68.0. The molecule has 14 nitrogen and oxygen atoms in total. The molecule has 0 bridgehead atoms. The van der Waals surface area contributed by atoms with E-state index in [0.29, 0.717) is 0 Å². The summed E-state index contributed by atoms with van der Waals surface area (Å²) in [6.07, 6.45) is -0.790. The quantitative estimate of drug-likeness (QED) is 0.216. The van der Waals surface area contributed by atoms with Crippen LogP contribution in [0, 0.1) is 0 Å². The minimum Gasteiger partial charge on any atom is -0.452 e. The number of aliphatic hydroxyl groups is 2. The van der Waals surface area contributed by atoms with Crippen molar-refractivity contribution in [3.05, 3.63) is 120 Å². The van der Waals surface area contributed by atoms with Gasteiger partial charge in [0, 0.05) is 49.6 Å². The molecule has 5 rings (SSSR count). The Morgan fingerprint density at radius 2 is 0.705 bits per heavy atom. The predicted molar refractivity (Wildman–Crippen MR) is 146 cm³/mol. The standard InChI is InChI=1S/C30H24N4O10/c35-21-22(36)24(42-28(38)18-6-2-10-32-14-18)26(44-30(40)20-8-4-12-34-16-20)25(43-29(39)19-7-3-11-33-15-19)23(21)41-27(37)17-5-1-9-31-13-17/h1-16,21-26,35-36H. The van der Waals surface area contributed by atoms with Gasteiger partial charge in [-0.05, 0) is 48.5 Å². The lowest BCUT2D eigenvalue weighted by molar-refractivity contribution is -0.223. The summed E-state index contributed by atoms with van der Waals surface area (Å²) >= 11 is 0. The predicted octanol–water partition coefficient (Wildman–Crippen LogP) is 1.20. The van der Waals surface area contributed by atoms with Crippen molar-refractivity contribution in [3.8, 4) is 0 Å². The smallest absolute Gasteiger partial charge is 0.340 e. The van der Waals surface area contributed by atoms with E-state index in [0.717, 1.165) is 0 Å². The van der Waals surface area contributed by atoms with Crippen LogP contribution in [0.2, 0.25) is 0 Å². The van der Waals surface area contributed by atoms with Gasteiger partial charge in [0.25, 0.3) is 0 Å². The Balaban J connectivity index is 1.55. The van der Waals surface area contributed by atoms with Crippen LogP contribution in [0.3, 0.4) is 0 Å². The molecule has 1 saturated carbocycles. The molecule has 6 atom stereocenters. The highest BCUT2D eigenvalue weighted by atomic mass is 16.6. The van der Waals surface area contributed by atoms with Crippen LogP contribution in [-0.4, -0.2) is 90.6 Å². The maximum absolute atomic E-state index is 13.2. The summed E-state index contributed by atoms with van der Waals surface area (Å²) in [5, 5.41) is 22.4. The Kier molecular flexibility index (Phi) is 9.22. The van der Waals surface area contributed by atoms with Gasteiger partial charge in [0.15, 0.2) is 24.4 Å². The van der Waals surface area contributed by atoms with E-state index in [9.17, 15) is 29.4 Å². The van der Waals surface area contributed by atoms with Crippen molar-refractivity contribution in [2.75, 3.05) is 0 Å². The van der Waals surface area contributed by atoms with Gasteiger partial charge in [-0.25, -0.2) is 19.2 Å². The average molecular weight is 601 g/mol. The topological polar surface area (TPSA) is 197 Å². The number of nitrogens with zero attached hydrogens (tertiary/aromatic N) is 4. The Labute approximate surface area is 249 Å². The minimum atomic E-state index is -2.00. The summed E-state index contributed by atoms with van der Waals surface area (Å²) in [6, 6.07) is 11.4. The van der Waals surface area contributed by atoms with E-state index in [1.807, 2.05) is 0 Å². The number of aromatic nitrogens is 4. The molecule has 1 aliphatic carbocycles. The Hall–Kier alpha value is -5.60. The molecule has 0 saturated heterocycles. The van der Waals surface area contributed by atoms with Crippen LogP contribution in [0.25, 0.3) is 0 Å². The Bertz CT molecular complexity index is 1470. The molecule has 224 valence electrons. The van der Waals surface area contributed by atoms with Gasteiger partial charge < -0.3 is 29.2 Å². The molecule has 0 radical (unpaired) electrons. The highest BCUT2D eigenvalue weighted by Gasteiger charge is 2.57. The number of carbonyl (C=O) groups is 4. The maximum atomic E-state index is 13.2. The van der Waals surface area contributed by atoms with Crippen molar-refractivity contribution in [2.24, 2.45) is 0 Å². The van der Waals surface area contributed by atoms with Crippen molar-refractivity contribution in [1.82, 2.24) is 19.9 Å². The molecule has 0 spiro atoms. The first kappa shape index (κ1) is 29.9. The summed E-state index contributed by atoms with van der Waals surface area (Å²) in [7, 11) is 0. The summed E-state index contributed by atoms with van der Waals surface area (Å²) in [6.45, 7) is 0. The third kappa shape index (κ3) is 6.72. The fraction of sp³-hybridized carbons (Fsp3) is 0.200. The van der Waals surface area contributed by atoms with Crippen LogP contribution in [0.5, 0.6) is 0 Å². The minimum absolute atomic E-state index is 0.0273. The number of pyridine rings is 4. The van der Waals surface area contributed by atoms with Gasteiger partial charge in [0.1, 0.15) is 12.2 Å². The second kappa shape index (κ2) is 13.6. The van der Waals surface area contributed by atoms with Crippen molar-refractivity contribution in [3.63, 3.8) is 0 Å². The molecular weight excluding hydrogens is 576 g/mol. The molecule has 4 aromatic heterocycles. The van der Waals surface area contributed by atoms with Crippen LogP contribution >= 0.6 is 0 Å². The Morgan fingerprint density at radius 3 is 0.932 bits per heavy atom. The maximum Gasteiger partial charge on any atom is 0.340 e. The number of rotatable bonds is 8. The normalized spacial score (nSPS) is 22.7. The molecule has 0 aromatic carbocycles. The highest BCUT2D eigenvalue weighted by Crippen LogP contribution is 2.32. The zero-order valence-electron chi connectivity index (χ0n) is 22.7. The molecule has 4 heterocycles. The van der Waals surface area contributed by atoms with Gasteiger partial charge >= 0.3 is 23.9 Å². The molecule has 1 aliphatic rings. The lowest BCUT2D eigenvalue weighted by Crippen LogP contribution is -2.67. The van der Waals surface area contributed by atoms with E-state index in [-0.39, 0.29) is 22.3 Å². The van der Waals surface area contributed by atoms with E-state index < -0.39 is 60.5 Å². The zero-order chi connectivity index (χ0) is 31.1. The molecule has 44 heavy (non-hydrogen) atoms. The van der Waals surface area contributed by atoms with Gasteiger partial charge in [0.05, 0.1) is 22.3 Å². The zero-order valence-corrected chi connectivity index (χ0v) is 22.7. The van der Waals surface area contributed by atoms with Crippen molar-refractivity contribution in [2.45, 2.75) is 36.6 Å². The van der Waals surface area contributed by atoms with E-state index in [1.54, 1.807) is 0 Å². The second-order valence-electron chi connectivity index (χ2n) is 9.43. The van der Waals surface area contributed by atoms with Gasteiger partial charge in [-0.2, -0.15) is 0 Å². The molecule has 6 unspecified atom stereocenters. The van der Waals surface area contributed by atoms with Crippen molar-refractivity contribution >= 4 is 23.9 Å². The summed E-state index contributed by atoms with van der Waals surface area (Å²) in [5.74, 6) is -4.01. The first-order valence-corrected chi connectivity index (χ1v) is 13.1. The van der Waals surface area contributed by atoms with Crippen LogP contribution in [0.15, 0.2) is 98.1 Å². The lowest BCUT2D eigenvalue weighted by atomic mass is 9.84. The largest absolute Gasteiger partial charge is 0.452 e. The second-order valence-corrected chi connectivity index (χ2v) is 9.43. The van der Waals surface area contributed by atoms with Crippen LogP contribution in [0.4, 0.5) is 0 Å². The number of carbonyl (C=O) groups excluding carboxylic acids is 4. The molecule has 2 N–H and O–H groups in total. The Morgan fingerprint density at radius 1 is 0.455 bits per heavy atom. The molecule has 4 aromatic rings. The first-order chi connectivity index (χ1) is 21.3. The number of hydrogen-bond donors (Lipinski definition) is 2. The van der Waals surface area contributed by atoms with Gasteiger partial charge in [-0.3, -0.25) is 19.9 Å². The van der Waals surface area contributed by atoms with Crippen molar-refractivity contribution in [1.29, 1.82) is 0 Å². The van der Waals surface area contributed by atoms with Crippen LogP contribution in [0.1, 0.15) is 41.4 Å². The van der Waals surface area contributed by atoms with Gasteiger partial charge in [-0.15, -0.1) is 0 Å². The molecule has 0 amide bonds. The fourth-order valence-corrected chi connectivity index (χ4v) is 4.39. The molecule has 1 fully saturated rings. The number of aliphatic hydroxyl groups excluding tert-OH is 2. The van der Waals surface area contributed by atoms with Crippen LogP contribution < -0.4 is 0 Å². The number of esters is 4. The van der Waals surface area contributed by atoms with E-state index in [2.05, 4.69) is 19.9 Å². The number of hydrogen-bond acceptors (Lipinski definition) is 14. The molecule has 0 aliphatic heterocycles. The van der Waals surface area contributed by atoms with E-state index in [1.165, 1.54) is 98.1 Å². The monoisotopic (exact) mass is 600 g/mol. The summed E-state index contributed by atoms with van der Waals surface area (Å²) in [5.41, 5.74) is -0.125.